The second kappa shape index (κ2) is 9.48. The van der Waals surface area contributed by atoms with Crippen LogP contribution in [-0.4, -0.2) is 38.3 Å². The lowest BCUT2D eigenvalue weighted by molar-refractivity contribution is -0.118. The Balaban J connectivity index is 2.02. The number of carbonyl (C=O) groups is 1. The van der Waals surface area contributed by atoms with Crippen LogP contribution in [0.2, 0.25) is 0 Å². The largest absolute Gasteiger partial charge is 0.395 e. The third-order valence-electron chi connectivity index (χ3n) is 3.92. The summed E-state index contributed by atoms with van der Waals surface area (Å²) in [5.74, 6) is -1.38. The number of aliphatic hydroxyl groups excluding tert-OH is 1. The minimum Gasteiger partial charge on any atom is -0.395 e. The van der Waals surface area contributed by atoms with Crippen molar-refractivity contribution in [3.05, 3.63) is 71.8 Å². The Kier molecular flexibility index (Phi) is 7.33. The molecule has 0 heterocycles. The first kappa shape index (κ1) is 20.9. The van der Waals surface area contributed by atoms with E-state index in [1.54, 1.807) is 12.1 Å². The van der Waals surface area contributed by atoms with Crippen molar-refractivity contribution in [2.75, 3.05) is 18.9 Å². The molecular weight excluding hydrogens is 362 g/mol. The van der Waals surface area contributed by atoms with Gasteiger partial charge >= 0.3 is 0 Å². The summed E-state index contributed by atoms with van der Waals surface area (Å²) in [4.78, 5) is 11.5. The van der Waals surface area contributed by atoms with Crippen LogP contribution >= 0.6 is 0 Å². The molecule has 2 N–H and O–H groups in total. The molecule has 2 aromatic rings. The van der Waals surface area contributed by atoms with Gasteiger partial charge in [0.25, 0.3) is 0 Å². The van der Waals surface area contributed by atoms with Gasteiger partial charge in [0.15, 0.2) is 9.84 Å². The molecule has 0 saturated carbocycles. The van der Waals surface area contributed by atoms with Crippen LogP contribution in [0.25, 0.3) is 11.1 Å². The van der Waals surface area contributed by atoms with Gasteiger partial charge in [0.2, 0.25) is 5.91 Å². The minimum atomic E-state index is -3.56. The zero-order valence-electron chi connectivity index (χ0n) is 15.4. The van der Waals surface area contributed by atoms with Crippen molar-refractivity contribution >= 4 is 15.7 Å². The number of hydrogen-bond acceptors (Lipinski definition) is 4. The number of hydrogen-bond donors (Lipinski definition) is 2. The van der Waals surface area contributed by atoms with Gasteiger partial charge in [-0.05, 0) is 35.6 Å². The van der Waals surface area contributed by atoms with Crippen molar-refractivity contribution in [2.45, 2.75) is 19.1 Å². The molecule has 0 unspecified atom stereocenters. The summed E-state index contributed by atoms with van der Waals surface area (Å²) < 4.78 is 24.2. The number of aliphatic hydroxyl groups is 1. The fourth-order valence-corrected chi connectivity index (χ4v) is 4.01. The van der Waals surface area contributed by atoms with Gasteiger partial charge < -0.3 is 10.4 Å². The minimum absolute atomic E-state index is 0.0498. The number of amides is 1. The summed E-state index contributed by atoms with van der Waals surface area (Å²) in [6.07, 6.45) is 0.850. The Labute approximate surface area is 160 Å². The van der Waals surface area contributed by atoms with E-state index in [4.69, 9.17) is 5.11 Å². The molecule has 27 heavy (non-hydrogen) atoms. The lowest BCUT2D eigenvalue weighted by Gasteiger charge is -2.08. The number of carbonyl (C=O) groups excluding carboxylic acids is 1. The molecule has 5 nitrogen and oxygen atoms in total. The van der Waals surface area contributed by atoms with E-state index in [2.05, 4.69) is 24.0 Å². The number of nitrogens with one attached hydrogen (secondary N) is 1. The van der Waals surface area contributed by atoms with E-state index in [1.807, 2.05) is 31.2 Å². The van der Waals surface area contributed by atoms with E-state index in [-0.39, 0.29) is 18.9 Å². The molecule has 0 aliphatic heterocycles. The van der Waals surface area contributed by atoms with Crippen LogP contribution < -0.4 is 5.32 Å². The van der Waals surface area contributed by atoms with Crippen LogP contribution in [0.15, 0.2) is 60.7 Å². The van der Waals surface area contributed by atoms with E-state index in [0.717, 1.165) is 23.1 Å². The summed E-state index contributed by atoms with van der Waals surface area (Å²) in [5.41, 5.74) is 5.00. The predicted molar refractivity (Wildman–Crippen MR) is 108 cm³/mol. The van der Waals surface area contributed by atoms with Crippen LogP contribution in [0.3, 0.4) is 0 Å². The van der Waals surface area contributed by atoms with Crippen molar-refractivity contribution in [3.8, 4) is 11.1 Å². The SMILES string of the molecule is C=C(C)Cc1ccc(-c2ccc(CS(=O)(=O)CC(=O)NCCO)cc2)cc1. The molecule has 0 atom stereocenters. The van der Waals surface area contributed by atoms with Gasteiger partial charge in [-0.1, -0.05) is 60.7 Å². The maximum atomic E-state index is 12.1. The Bertz CT molecular complexity index is 885. The van der Waals surface area contributed by atoms with Crippen molar-refractivity contribution in [1.82, 2.24) is 5.32 Å². The molecule has 0 aromatic heterocycles. The Morgan fingerprint density at radius 3 is 2.00 bits per heavy atom. The summed E-state index contributed by atoms with van der Waals surface area (Å²) in [5, 5.41) is 11.0. The van der Waals surface area contributed by atoms with Gasteiger partial charge in [-0.25, -0.2) is 8.42 Å². The molecule has 0 bridgehead atoms. The average molecular weight is 388 g/mol. The first-order chi connectivity index (χ1) is 12.8. The fourth-order valence-electron chi connectivity index (χ4n) is 2.71. The second-order valence-electron chi connectivity index (χ2n) is 6.63. The second-order valence-corrected chi connectivity index (χ2v) is 8.70. The third kappa shape index (κ3) is 7.00. The van der Waals surface area contributed by atoms with Crippen LogP contribution in [0.5, 0.6) is 0 Å². The molecule has 0 aliphatic carbocycles. The molecule has 0 aliphatic rings. The summed E-state index contributed by atoms with van der Waals surface area (Å²) in [6.45, 7) is 5.74. The van der Waals surface area contributed by atoms with Gasteiger partial charge in [-0.15, -0.1) is 0 Å². The zero-order valence-corrected chi connectivity index (χ0v) is 16.3. The smallest absolute Gasteiger partial charge is 0.235 e. The maximum absolute atomic E-state index is 12.1. The quantitative estimate of drug-likeness (QED) is 0.648. The summed E-state index contributed by atoms with van der Waals surface area (Å²) in [7, 11) is -3.56. The van der Waals surface area contributed by atoms with Crippen LogP contribution in [0.1, 0.15) is 18.1 Å². The molecular formula is C21H25NO4S. The van der Waals surface area contributed by atoms with Gasteiger partial charge in [0.1, 0.15) is 5.75 Å². The average Bonchev–Trinajstić information content (AvgIpc) is 2.60. The van der Waals surface area contributed by atoms with E-state index < -0.39 is 21.5 Å². The number of sulfone groups is 1. The fraction of sp³-hybridized carbons (Fsp3) is 0.286. The highest BCUT2D eigenvalue weighted by Crippen LogP contribution is 2.22. The number of benzene rings is 2. The van der Waals surface area contributed by atoms with Gasteiger partial charge in [0.05, 0.1) is 12.4 Å². The van der Waals surface area contributed by atoms with Crippen molar-refractivity contribution in [3.63, 3.8) is 0 Å². The molecule has 2 aromatic carbocycles. The van der Waals surface area contributed by atoms with Crippen LogP contribution in [-0.2, 0) is 26.8 Å². The molecule has 0 fully saturated rings. The standard InChI is InChI=1S/C21H25NO4S/c1-16(2)13-17-3-7-19(8-4-17)20-9-5-18(6-10-20)14-27(25,26)15-21(24)22-11-12-23/h3-10,23H,1,11-15H2,2H3,(H,22,24). The van der Waals surface area contributed by atoms with Gasteiger partial charge in [-0.2, -0.15) is 0 Å². The monoisotopic (exact) mass is 387 g/mol. The highest BCUT2D eigenvalue weighted by atomic mass is 32.2. The lowest BCUT2D eigenvalue weighted by atomic mass is 10.0. The Morgan fingerprint density at radius 2 is 1.52 bits per heavy atom. The first-order valence-corrected chi connectivity index (χ1v) is 10.5. The zero-order chi connectivity index (χ0) is 19.9. The number of rotatable bonds is 9. The van der Waals surface area contributed by atoms with E-state index in [9.17, 15) is 13.2 Å². The van der Waals surface area contributed by atoms with E-state index in [0.29, 0.717) is 5.56 Å². The predicted octanol–water partition coefficient (Wildman–Crippen LogP) is 2.50. The van der Waals surface area contributed by atoms with Crippen LogP contribution in [0.4, 0.5) is 0 Å². The Morgan fingerprint density at radius 1 is 1.00 bits per heavy atom. The molecule has 0 saturated heterocycles. The highest BCUT2D eigenvalue weighted by Gasteiger charge is 2.17. The normalized spacial score (nSPS) is 11.2. The van der Waals surface area contributed by atoms with E-state index in [1.165, 1.54) is 5.56 Å². The topological polar surface area (TPSA) is 83.5 Å². The maximum Gasteiger partial charge on any atom is 0.235 e. The molecule has 144 valence electrons. The Hall–Kier alpha value is -2.44. The lowest BCUT2D eigenvalue weighted by Crippen LogP contribution is -2.32. The van der Waals surface area contributed by atoms with Crippen molar-refractivity contribution in [1.29, 1.82) is 0 Å². The number of allylic oxidation sites excluding steroid dienone is 1. The third-order valence-corrected chi connectivity index (χ3v) is 5.39. The summed E-state index contributed by atoms with van der Waals surface area (Å²) in [6, 6.07) is 15.5. The first-order valence-electron chi connectivity index (χ1n) is 8.70. The van der Waals surface area contributed by atoms with Gasteiger partial charge in [-0.3, -0.25) is 4.79 Å². The van der Waals surface area contributed by atoms with Crippen LogP contribution in [0, 0.1) is 0 Å². The highest BCUT2D eigenvalue weighted by molar-refractivity contribution is 7.91. The molecule has 0 spiro atoms. The van der Waals surface area contributed by atoms with Gasteiger partial charge in [0, 0.05) is 6.54 Å². The molecule has 0 radical (unpaired) electrons. The molecule has 2 rings (SSSR count). The molecule has 1 amide bonds. The summed E-state index contributed by atoms with van der Waals surface area (Å²) >= 11 is 0. The van der Waals surface area contributed by atoms with Crippen molar-refractivity contribution in [2.24, 2.45) is 0 Å². The van der Waals surface area contributed by atoms with E-state index >= 15 is 0 Å². The van der Waals surface area contributed by atoms with Crippen molar-refractivity contribution < 1.29 is 18.3 Å². The molecule has 6 heteroatoms.